The first kappa shape index (κ1) is 48.7. The highest BCUT2D eigenvalue weighted by Crippen LogP contribution is 2.22. The molecule has 1 rings (SSSR count). The lowest BCUT2D eigenvalue weighted by molar-refractivity contribution is -0.302. The summed E-state index contributed by atoms with van der Waals surface area (Å²) in [6.07, 6.45) is 32.3. The van der Waals surface area contributed by atoms with E-state index < -0.39 is 49.5 Å². The molecule has 0 aromatic carbocycles. The minimum absolute atomic E-state index is 0.187. The standard InChI is InChI=1S/C43H81NO8/c1-3-5-7-9-11-13-15-16-17-18-19-20-21-23-25-27-29-31-33-39(47)44-36(35-51-43-42(50)41(49)40(48)38(34-45)52-43)37(46)32-30-28-26-24-22-14-12-10-8-6-4-2/h22,24,30,32,36-38,40-43,45-46,48-50H,3-21,23,25-29,31,33-35H2,1-2H3,(H,44,47)/b24-22+,32-30+/t36-,37+,38-,40-,41?,42?,43-/m0/s1. The molecule has 9 nitrogen and oxygen atoms in total. The van der Waals surface area contributed by atoms with Crippen molar-refractivity contribution in [3.8, 4) is 0 Å². The van der Waals surface area contributed by atoms with Crippen molar-refractivity contribution in [2.75, 3.05) is 13.2 Å². The SMILES string of the molecule is CCCCCCC/C=C/CC/C=C/[C@@H](O)[C@H](CO[C@H]1O[C@@H](CO)[C@H](O)C(O)C1O)NC(=O)CCCCCCCCCCCCCCCCCCCC. The van der Waals surface area contributed by atoms with Gasteiger partial charge in [0.1, 0.15) is 24.4 Å². The molecule has 1 aliphatic heterocycles. The zero-order valence-electron chi connectivity index (χ0n) is 33.3. The predicted octanol–water partition coefficient (Wildman–Crippen LogP) is 8.33. The molecular weight excluding hydrogens is 658 g/mol. The lowest BCUT2D eigenvalue weighted by Gasteiger charge is -2.40. The second-order valence-corrected chi connectivity index (χ2v) is 15.1. The first-order valence-corrected chi connectivity index (χ1v) is 21.6. The molecule has 1 amide bonds. The van der Waals surface area contributed by atoms with E-state index in [4.69, 9.17) is 9.47 Å². The fourth-order valence-corrected chi connectivity index (χ4v) is 6.76. The van der Waals surface area contributed by atoms with Crippen LogP contribution < -0.4 is 5.32 Å². The highest BCUT2D eigenvalue weighted by atomic mass is 16.7. The number of nitrogens with one attached hydrogen (secondary N) is 1. The Bertz CT molecular complexity index is 868. The number of hydrogen-bond acceptors (Lipinski definition) is 8. The number of allylic oxidation sites excluding steroid dienone is 3. The Hall–Kier alpha value is -1.33. The number of aliphatic hydroxyl groups is 5. The van der Waals surface area contributed by atoms with Crippen molar-refractivity contribution in [3.05, 3.63) is 24.3 Å². The molecule has 1 aliphatic rings. The Morgan fingerprint density at radius 1 is 0.635 bits per heavy atom. The molecule has 1 saturated heterocycles. The van der Waals surface area contributed by atoms with Crippen LogP contribution in [0.2, 0.25) is 0 Å². The zero-order chi connectivity index (χ0) is 38.1. The van der Waals surface area contributed by atoms with Crippen LogP contribution in [0, 0.1) is 0 Å². The number of ether oxygens (including phenoxy) is 2. The third kappa shape index (κ3) is 24.9. The monoisotopic (exact) mass is 740 g/mol. The van der Waals surface area contributed by atoms with Gasteiger partial charge in [-0.05, 0) is 32.1 Å². The molecule has 52 heavy (non-hydrogen) atoms. The van der Waals surface area contributed by atoms with Crippen molar-refractivity contribution < 1.29 is 39.8 Å². The van der Waals surface area contributed by atoms with E-state index in [2.05, 4.69) is 31.3 Å². The molecule has 306 valence electrons. The van der Waals surface area contributed by atoms with Crippen LogP contribution in [0.1, 0.15) is 187 Å². The number of unbranched alkanes of at least 4 members (excludes halogenated alkanes) is 23. The Kier molecular flexibility index (Phi) is 32.0. The topological polar surface area (TPSA) is 149 Å². The summed E-state index contributed by atoms with van der Waals surface area (Å²) in [4.78, 5) is 12.9. The second-order valence-electron chi connectivity index (χ2n) is 15.1. The average molecular weight is 740 g/mol. The highest BCUT2D eigenvalue weighted by Gasteiger charge is 2.44. The van der Waals surface area contributed by atoms with Crippen LogP contribution in [-0.4, -0.2) is 87.5 Å². The summed E-state index contributed by atoms with van der Waals surface area (Å²) in [6.45, 7) is 3.73. The van der Waals surface area contributed by atoms with Gasteiger partial charge >= 0.3 is 0 Å². The third-order valence-electron chi connectivity index (χ3n) is 10.3. The predicted molar refractivity (Wildman–Crippen MR) is 212 cm³/mol. The molecule has 0 aliphatic carbocycles. The molecular formula is C43H81NO8. The maximum absolute atomic E-state index is 12.9. The third-order valence-corrected chi connectivity index (χ3v) is 10.3. The minimum Gasteiger partial charge on any atom is -0.394 e. The largest absolute Gasteiger partial charge is 0.394 e. The van der Waals surface area contributed by atoms with Gasteiger partial charge in [-0.15, -0.1) is 0 Å². The van der Waals surface area contributed by atoms with Gasteiger partial charge in [-0.25, -0.2) is 0 Å². The van der Waals surface area contributed by atoms with E-state index in [1.165, 1.54) is 128 Å². The molecule has 2 unspecified atom stereocenters. The van der Waals surface area contributed by atoms with Gasteiger partial charge in [-0.1, -0.05) is 173 Å². The van der Waals surface area contributed by atoms with Crippen LogP contribution >= 0.6 is 0 Å². The van der Waals surface area contributed by atoms with E-state index in [0.29, 0.717) is 6.42 Å². The number of amides is 1. The number of carbonyl (C=O) groups is 1. The summed E-state index contributed by atoms with van der Waals surface area (Å²) in [6, 6.07) is -0.815. The van der Waals surface area contributed by atoms with Crippen molar-refractivity contribution in [1.82, 2.24) is 5.32 Å². The van der Waals surface area contributed by atoms with Crippen LogP contribution in [0.25, 0.3) is 0 Å². The van der Waals surface area contributed by atoms with Gasteiger partial charge in [-0.3, -0.25) is 4.79 Å². The van der Waals surface area contributed by atoms with Gasteiger partial charge in [0, 0.05) is 6.42 Å². The van der Waals surface area contributed by atoms with Crippen molar-refractivity contribution in [1.29, 1.82) is 0 Å². The van der Waals surface area contributed by atoms with E-state index in [1.807, 2.05) is 6.08 Å². The zero-order valence-corrected chi connectivity index (χ0v) is 33.3. The first-order valence-electron chi connectivity index (χ1n) is 21.6. The fourth-order valence-electron chi connectivity index (χ4n) is 6.76. The molecule has 9 heteroatoms. The van der Waals surface area contributed by atoms with Gasteiger partial charge in [0.15, 0.2) is 6.29 Å². The quantitative estimate of drug-likeness (QED) is 0.0281. The molecule has 0 saturated carbocycles. The normalized spacial score (nSPS) is 22.0. The first-order chi connectivity index (χ1) is 25.3. The van der Waals surface area contributed by atoms with Gasteiger partial charge in [-0.2, -0.15) is 0 Å². The Morgan fingerprint density at radius 3 is 1.62 bits per heavy atom. The number of aliphatic hydroxyl groups excluding tert-OH is 5. The Morgan fingerprint density at radius 2 is 1.10 bits per heavy atom. The van der Waals surface area contributed by atoms with Gasteiger partial charge in [0.25, 0.3) is 0 Å². The molecule has 0 radical (unpaired) electrons. The fraction of sp³-hybridized carbons (Fsp3) is 0.884. The van der Waals surface area contributed by atoms with Crippen molar-refractivity contribution in [2.45, 2.75) is 230 Å². The average Bonchev–Trinajstić information content (AvgIpc) is 3.14. The van der Waals surface area contributed by atoms with Crippen LogP contribution in [0.3, 0.4) is 0 Å². The van der Waals surface area contributed by atoms with Crippen LogP contribution in [0.5, 0.6) is 0 Å². The molecule has 7 atom stereocenters. The van der Waals surface area contributed by atoms with Crippen molar-refractivity contribution in [3.63, 3.8) is 0 Å². The van der Waals surface area contributed by atoms with E-state index in [1.54, 1.807) is 6.08 Å². The number of hydrogen-bond donors (Lipinski definition) is 6. The summed E-state index contributed by atoms with van der Waals surface area (Å²) in [5, 5.41) is 54.0. The summed E-state index contributed by atoms with van der Waals surface area (Å²) >= 11 is 0. The molecule has 0 bridgehead atoms. The summed E-state index contributed by atoms with van der Waals surface area (Å²) < 4.78 is 11.2. The lowest BCUT2D eigenvalue weighted by Crippen LogP contribution is -2.60. The van der Waals surface area contributed by atoms with E-state index >= 15 is 0 Å². The minimum atomic E-state index is -1.57. The molecule has 1 fully saturated rings. The highest BCUT2D eigenvalue weighted by molar-refractivity contribution is 5.76. The summed E-state index contributed by atoms with van der Waals surface area (Å²) in [7, 11) is 0. The molecule has 0 aromatic heterocycles. The summed E-state index contributed by atoms with van der Waals surface area (Å²) in [5.74, 6) is -0.187. The van der Waals surface area contributed by atoms with Crippen molar-refractivity contribution >= 4 is 5.91 Å². The molecule has 6 N–H and O–H groups in total. The lowest BCUT2D eigenvalue weighted by atomic mass is 9.99. The van der Waals surface area contributed by atoms with Crippen molar-refractivity contribution in [2.24, 2.45) is 0 Å². The van der Waals surface area contributed by atoms with Gasteiger partial charge in [0.2, 0.25) is 5.91 Å². The van der Waals surface area contributed by atoms with Crippen LogP contribution in [-0.2, 0) is 14.3 Å². The smallest absolute Gasteiger partial charge is 0.220 e. The second kappa shape index (κ2) is 34.2. The number of rotatable bonds is 35. The molecule has 0 aromatic rings. The molecule has 1 heterocycles. The summed E-state index contributed by atoms with van der Waals surface area (Å²) in [5.41, 5.74) is 0. The van der Waals surface area contributed by atoms with Crippen LogP contribution in [0.4, 0.5) is 0 Å². The maximum atomic E-state index is 12.9. The van der Waals surface area contributed by atoms with E-state index in [9.17, 15) is 30.3 Å². The van der Waals surface area contributed by atoms with E-state index in [-0.39, 0.29) is 12.5 Å². The van der Waals surface area contributed by atoms with Crippen LogP contribution in [0.15, 0.2) is 24.3 Å². The Labute approximate surface area is 318 Å². The number of carbonyl (C=O) groups excluding carboxylic acids is 1. The van der Waals surface area contributed by atoms with E-state index in [0.717, 1.165) is 38.5 Å². The molecule has 0 spiro atoms. The van der Waals surface area contributed by atoms with Gasteiger partial charge < -0.3 is 40.3 Å². The Balaban J connectivity index is 2.36. The maximum Gasteiger partial charge on any atom is 0.220 e. The van der Waals surface area contributed by atoms with Gasteiger partial charge in [0.05, 0.1) is 25.4 Å².